The SMILES string of the molecule is NCC1(c2cccc3[nH]cc(Br)c23)CC1. The fraction of sp³-hybridized carbons (Fsp3) is 0.333. The number of nitrogens with two attached hydrogens (primary N) is 1. The molecule has 1 aliphatic rings. The van der Waals surface area contributed by atoms with Gasteiger partial charge in [-0.05, 0) is 40.4 Å². The highest BCUT2D eigenvalue weighted by molar-refractivity contribution is 9.10. The summed E-state index contributed by atoms with van der Waals surface area (Å²) in [7, 11) is 0. The molecule has 78 valence electrons. The highest BCUT2D eigenvalue weighted by Gasteiger charge is 2.44. The van der Waals surface area contributed by atoms with E-state index in [2.05, 4.69) is 39.1 Å². The monoisotopic (exact) mass is 264 g/mol. The first-order valence-electron chi connectivity index (χ1n) is 5.23. The van der Waals surface area contributed by atoms with E-state index in [-0.39, 0.29) is 5.41 Å². The van der Waals surface area contributed by atoms with Gasteiger partial charge in [-0.15, -0.1) is 0 Å². The van der Waals surface area contributed by atoms with E-state index in [1.807, 2.05) is 6.20 Å². The Morgan fingerprint density at radius 2 is 2.20 bits per heavy atom. The van der Waals surface area contributed by atoms with Crippen LogP contribution in [0.3, 0.4) is 0 Å². The quantitative estimate of drug-likeness (QED) is 0.861. The Hall–Kier alpha value is -0.800. The van der Waals surface area contributed by atoms with Crippen LogP contribution in [0, 0.1) is 0 Å². The standard InChI is InChI=1S/C12H13BrN2/c13-9-6-15-10-3-1-2-8(11(9)10)12(7-14)4-5-12/h1-3,6,15H,4-5,7,14H2. The minimum Gasteiger partial charge on any atom is -0.360 e. The van der Waals surface area contributed by atoms with Gasteiger partial charge < -0.3 is 10.7 Å². The zero-order chi connectivity index (χ0) is 10.5. The summed E-state index contributed by atoms with van der Waals surface area (Å²) in [5.41, 5.74) is 8.73. The van der Waals surface area contributed by atoms with Gasteiger partial charge in [0.05, 0.1) is 0 Å². The third kappa shape index (κ3) is 1.26. The molecule has 1 aromatic carbocycles. The van der Waals surface area contributed by atoms with Crippen LogP contribution in [-0.4, -0.2) is 11.5 Å². The van der Waals surface area contributed by atoms with E-state index in [0.29, 0.717) is 0 Å². The molecule has 1 fully saturated rings. The third-order valence-corrected chi connectivity index (χ3v) is 4.10. The maximum absolute atomic E-state index is 5.89. The van der Waals surface area contributed by atoms with Gasteiger partial charge in [-0.2, -0.15) is 0 Å². The van der Waals surface area contributed by atoms with E-state index >= 15 is 0 Å². The van der Waals surface area contributed by atoms with Gasteiger partial charge in [0.1, 0.15) is 0 Å². The van der Waals surface area contributed by atoms with E-state index in [1.54, 1.807) is 0 Å². The summed E-state index contributed by atoms with van der Waals surface area (Å²) in [6.07, 6.45) is 4.45. The number of rotatable bonds is 2. The van der Waals surface area contributed by atoms with Crippen molar-refractivity contribution in [1.29, 1.82) is 0 Å². The van der Waals surface area contributed by atoms with E-state index in [0.717, 1.165) is 11.0 Å². The molecule has 0 saturated heterocycles. The Kier molecular flexibility index (Phi) is 1.94. The van der Waals surface area contributed by atoms with Gasteiger partial charge in [0.2, 0.25) is 0 Å². The molecule has 0 spiro atoms. The number of aromatic nitrogens is 1. The third-order valence-electron chi connectivity index (χ3n) is 3.47. The number of H-pyrrole nitrogens is 1. The van der Waals surface area contributed by atoms with Crippen molar-refractivity contribution in [3.63, 3.8) is 0 Å². The minimum absolute atomic E-state index is 0.254. The summed E-state index contributed by atoms with van der Waals surface area (Å²) >= 11 is 3.60. The predicted octanol–water partition coefficient (Wildman–Crippen LogP) is 2.92. The topological polar surface area (TPSA) is 41.8 Å². The van der Waals surface area contributed by atoms with Gasteiger partial charge in [-0.25, -0.2) is 0 Å². The molecule has 15 heavy (non-hydrogen) atoms. The molecule has 0 radical (unpaired) electrons. The van der Waals surface area contributed by atoms with Crippen LogP contribution in [0.25, 0.3) is 10.9 Å². The van der Waals surface area contributed by atoms with Gasteiger partial charge in [0.15, 0.2) is 0 Å². The van der Waals surface area contributed by atoms with Crippen molar-refractivity contribution in [3.8, 4) is 0 Å². The average molecular weight is 265 g/mol. The summed E-state index contributed by atoms with van der Waals surface area (Å²) in [5, 5.41) is 1.31. The lowest BCUT2D eigenvalue weighted by molar-refractivity contribution is 0.711. The Balaban J connectivity index is 2.30. The predicted molar refractivity (Wildman–Crippen MR) is 66.0 cm³/mol. The largest absolute Gasteiger partial charge is 0.360 e. The van der Waals surface area contributed by atoms with Gasteiger partial charge in [-0.3, -0.25) is 0 Å². The molecule has 0 bridgehead atoms. The maximum atomic E-state index is 5.89. The van der Waals surface area contributed by atoms with Crippen LogP contribution in [0.15, 0.2) is 28.9 Å². The van der Waals surface area contributed by atoms with Crippen molar-refractivity contribution in [3.05, 3.63) is 34.4 Å². The fourth-order valence-corrected chi connectivity index (χ4v) is 2.86. The molecule has 0 unspecified atom stereocenters. The smallest absolute Gasteiger partial charge is 0.0468 e. The van der Waals surface area contributed by atoms with E-state index < -0.39 is 0 Å². The van der Waals surface area contributed by atoms with Crippen molar-refractivity contribution in [1.82, 2.24) is 4.98 Å². The lowest BCUT2D eigenvalue weighted by atomic mass is 9.93. The van der Waals surface area contributed by atoms with Gasteiger partial charge >= 0.3 is 0 Å². The summed E-state index contributed by atoms with van der Waals surface area (Å²) in [6.45, 7) is 0.754. The molecule has 1 heterocycles. The Labute approximate surface area is 97.0 Å². The maximum Gasteiger partial charge on any atom is 0.0468 e. The average Bonchev–Trinajstić information content (AvgIpc) is 2.98. The Morgan fingerprint density at radius 1 is 1.40 bits per heavy atom. The molecule has 2 nitrogen and oxygen atoms in total. The Morgan fingerprint density at radius 3 is 2.87 bits per heavy atom. The van der Waals surface area contributed by atoms with Crippen molar-refractivity contribution in [2.24, 2.45) is 5.73 Å². The van der Waals surface area contributed by atoms with Crippen LogP contribution in [0.2, 0.25) is 0 Å². The zero-order valence-electron chi connectivity index (χ0n) is 8.39. The van der Waals surface area contributed by atoms with E-state index in [1.165, 1.54) is 29.3 Å². The van der Waals surface area contributed by atoms with Crippen LogP contribution in [0.4, 0.5) is 0 Å². The highest BCUT2D eigenvalue weighted by atomic mass is 79.9. The number of fused-ring (bicyclic) bond motifs is 1. The van der Waals surface area contributed by atoms with Crippen molar-refractivity contribution in [2.75, 3.05) is 6.54 Å². The molecule has 3 rings (SSSR count). The van der Waals surface area contributed by atoms with E-state index in [9.17, 15) is 0 Å². The van der Waals surface area contributed by atoms with Gasteiger partial charge in [0, 0.05) is 33.5 Å². The molecule has 1 aliphatic carbocycles. The first-order valence-corrected chi connectivity index (χ1v) is 6.02. The van der Waals surface area contributed by atoms with Crippen LogP contribution >= 0.6 is 15.9 Å². The second-order valence-electron chi connectivity index (χ2n) is 4.35. The van der Waals surface area contributed by atoms with Gasteiger partial charge in [0.25, 0.3) is 0 Å². The lowest BCUT2D eigenvalue weighted by Gasteiger charge is -2.14. The second-order valence-corrected chi connectivity index (χ2v) is 5.20. The van der Waals surface area contributed by atoms with Crippen LogP contribution < -0.4 is 5.73 Å². The molecule has 3 N–H and O–H groups in total. The number of hydrogen-bond acceptors (Lipinski definition) is 1. The lowest BCUT2D eigenvalue weighted by Crippen LogP contribution is -2.19. The Bertz CT molecular complexity index is 511. The van der Waals surface area contributed by atoms with Crippen LogP contribution in [0.1, 0.15) is 18.4 Å². The van der Waals surface area contributed by atoms with E-state index in [4.69, 9.17) is 5.73 Å². The molecular formula is C12H13BrN2. The minimum atomic E-state index is 0.254. The second kappa shape index (κ2) is 3.09. The van der Waals surface area contributed by atoms with Crippen LogP contribution in [-0.2, 0) is 5.41 Å². The molecule has 1 aromatic heterocycles. The molecule has 0 aliphatic heterocycles. The highest BCUT2D eigenvalue weighted by Crippen LogP contribution is 2.50. The number of halogens is 1. The number of aromatic amines is 1. The molecule has 2 aromatic rings. The summed E-state index contributed by atoms with van der Waals surface area (Å²) < 4.78 is 1.15. The first-order chi connectivity index (χ1) is 7.27. The molecule has 0 amide bonds. The fourth-order valence-electron chi connectivity index (χ4n) is 2.32. The summed E-state index contributed by atoms with van der Waals surface area (Å²) in [6, 6.07) is 6.42. The summed E-state index contributed by atoms with van der Waals surface area (Å²) in [5.74, 6) is 0. The van der Waals surface area contributed by atoms with Crippen molar-refractivity contribution in [2.45, 2.75) is 18.3 Å². The normalized spacial score (nSPS) is 18.3. The van der Waals surface area contributed by atoms with Gasteiger partial charge in [-0.1, -0.05) is 12.1 Å². The molecular weight excluding hydrogens is 252 g/mol. The molecule has 3 heteroatoms. The number of benzene rings is 1. The molecule has 1 saturated carbocycles. The molecule has 0 atom stereocenters. The van der Waals surface area contributed by atoms with Crippen LogP contribution in [0.5, 0.6) is 0 Å². The zero-order valence-corrected chi connectivity index (χ0v) is 9.97. The number of nitrogens with one attached hydrogen (secondary N) is 1. The first kappa shape index (κ1) is 9.43. The number of hydrogen-bond donors (Lipinski definition) is 2. The van der Waals surface area contributed by atoms with Crippen molar-refractivity contribution < 1.29 is 0 Å². The summed E-state index contributed by atoms with van der Waals surface area (Å²) in [4.78, 5) is 3.26. The van der Waals surface area contributed by atoms with Crippen molar-refractivity contribution >= 4 is 26.8 Å².